The molecule has 0 bridgehead atoms. The van der Waals surface area contributed by atoms with Crippen LogP contribution in [-0.4, -0.2) is 14.8 Å². The highest BCUT2D eigenvalue weighted by atomic mass is 16.3. The Kier molecular flexibility index (Phi) is 3.64. The minimum absolute atomic E-state index is 0.300. The zero-order chi connectivity index (χ0) is 14.8. The topological polar surface area (TPSA) is 55.9 Å². The number of aromatic nitrogens is 3. The van der Waals surface area contributed by atoms with Crippen molar-refractivity contribution in [2.75, 3.05) is 5.32 Å². The molecule has 0 atom stereocenters. The van der Waals surface area contributed by atoms with Crippen molar-refractivity contribution in [2.24, 2.45) is 0 Å². The summed E-state index contributed by atoms with van der Waals surface area (Å²) in [7, 11) is 0. The predicted molar refractivity (Wildman–Crippen MR) is 83.3 cm³/mol. The van der Waals surface area contributed by atoms with Gasteiger partial charge in [0.05, 0.1) is 6.20 Å². The molecule has 3 rings (SSSR count). The summed E-state index contributed by atoms with van der Waals surface area (Å²) in [4.78, 5) is 4.52. The fourth-order valence-corrected chi connectivity index (χ4v) is 2.18. The molecule has 0 saturated heterocycles. The second kappa shape index (κ2) is 5.60. The maximum Gasteiger partial charge on any atom is 0.198 e. The van der Waals surface area contributed by atoms with Gasteiger partial charge < -0.3 is 9.73 Å². The van der Waals surface area contributed by atoms with Gasteiger partial charge in [-0.3, -0.25) is 4.68 Å². The Labute approximate surface area is 124 Å². The third-order valence-electron chi connectivity index (χ3n) is 3.41. The highest BCUT2D eigenvalue weighted by Gasteiger charge is 2.09. The Balaban J connectivity index is 1.74. The van der Waals surface area contributed by atoms with Crippen LogP contribution in [0.25, 0.3) is 11.1 Å². The van der Waals surface area contributed by atoms with E-state index in [-0.39, 0.29) is 0 Å². The van der Waals surface area contributed by atoms with E-state index >= 15 is 0 Å². The third kappa shape index (κ3) is 2.91. The molecule has 110 valence electrons. The molecule has 0 spiro atoms. The Morgan fingerprint density at radius 3 is 2.90 bits per heavy atom. The Bertz CT molecular complexity index is 742. The largest absolute Gasteiger partial charge is 0.440 e. The number of hydrogen-bond donors (Lipinski definition) is 1. The van der Waals surface area contributed by atoms with Crippen molar-refractivity contribution in [2.45, 2.75) is 39.8 Å². The van der Waals surface area contributed by atoms with Crippen LogP contribution in [0.3, 0.4) is 0 Å². The molecule has 0 unspecified atom stereocenters. The number of oxazole rings is 1. The van der Waals surface area contributed by atoms with Crippen LogP contribution in [-0.2, 0) is 13.1 Å². The van der Waals surface area contributed by atoms with Gasteiger partial charge in [-0.2, -0.15) is 5.10 Å². The lowest BCUT2D eigenvalue weighted by Gasteiger charge is -2.03. The SMILES string of the molecule is CCn1cc(CNc2ccc3oc(C(C)C)nc3c2)cn1. The van der Waals surface area contributed by atoms with Crippen molar-refractivity contribution in [1.82, 2.24) is 14.8 Å². The lowest BCUT2D eigenvalue weighted by Crippen LogP contribution is -1.98. The summed E-state index contributed by atoms with van der Waals surface area (Å²) >= 11 is 0. The van der Waals surface area contributed by atoms with Crippen molar-refractivity contribution in [1.29, 1.82) is 0 Å². The number of anilines is 1. The molecular weight excluding hydrogens is 264 g/mol. The van der Waals surface area contributed by atoms with Crippen LogP contribution in [0.4, 0.5) is 5.69 Å². The molecule has 3 aromatic rings. The molecule has 0 aliphatic rings. The van der Waals surface area contributed by atoms with Gasteiger partial charge in [-0.05, 0) is 25.1 Å². The Morgan fingerprint density at radius 1 is 1.33 bits per heavy atom. The van der Waals surface area contributed by atoms with Gasteiger partial charge in [-0.1, -0.05) is 13.8 Å². The number of aryl methyl sites for hydroxylation is 1. The Morgan fingerprint density at radius 2 is 2.19 bits per heavy atom. The van der Waals surface area contributed by atoms with E-state index in [4.69, 9.17) is 4.42 Å². The van der Waals surface area contributed by atoms with Crippen molar-refractivity contribution in [3.8, 4) is 0 Å². The molecule has 2 heterocycles. The summed E-state index contributed by atoms with van der Waals surface area (Å²) in [5, 5.41) is 7.66. The van der Waals surface area contributed by atoms with Gasteiger partial charge in [0, 0.05) is 36.5 Å². The lowest BCUT2D eigenvalue weighted by atomic mass is 10.2. The van der Waals surface area contributed by atoms with E-state index in [0.717, 1.165) is 35.8 Å². The van der Waals surface area contributed by atoms with Gasteiger partial charge in [-0.15, -0.1) is 0 Å². The molecule has 5 heteroatoms. The van der Waals surface area contributed by atoms with E-state index in [2.05, 4.69) is 42.4 Å². The average molecular weight is 284 g/mol. The molecule has 0 saturated carbocycles. The molecular formula is C16H20N4O. The molecule has 0 amide bonds. The van der Waals surface area contributed by atoms with Crippen molar-refractivity contribution in [3.05, 3.63) is 42.0 Å². The lowest BCUT2D eigenvalue weighted by molar-refractivity contribution is 0.501. The minimum Gasteiger partial charge on any atom is -0.440 e. The van der Waals surface area contributed by atoms with Gasteiger partial charge in [0.25, 0.3) is 0 Å². The van der Waals surface area contributed by atoms with E-state index in [0.29, 0.717) is 5.92 Å². The molecule has 0 radical (unpaired) electrons. The molecule has 1 N–H and O–H groups in total. The number of rotatable bonds is 5. The van der Waals surface area contributed by atoms with Gasteiger partial charge in [0.2, 0.25) is 0 Å². The first-order valence-electron chi connectivity index (χ1n) is 7.31. The number of nitrogens with zero attached hydrogens (tertiary/aromatic N) is 3. The second-order valence-electron chi connectivity index (χ2n) is 5.45. The molecule has 0 aliphatic carbocycles. The fraction of sp³-hybridized carbons (Fsp3) is 0.375. The normalized spacial score (nSPS) is 11.4. The summed E-state index contributed by atoms with van der Waals surface area (Å²) in [6.45, 7) is 7.88. The Hall–Kier alpha value is -2.30. The van der Waals surface area contributed by atoms with E-state index in [9.17, 15) is 0 Å². The maximum atomic E-state index is 5.71. The molecule has 21 heavy (non-hydrogen) atoms. The monoisotopic (exact) mass is 284 g/mol. The minimum atomic E-state index is 0.300. The first-order valence-corrected chi connectivity index (χ1v) is 7.31. The van der Waals surface area contributed by atoms with Crippen molar-refractivity contribution < 1.29 is 4.42 Å². The maximum absolute atomic E-state index is 5.71. The summed E-state index contributed by atoms with van der Waals surface area (Å²) in [5.74, 6) is 1.08. The van der Waals surface area contributed by atoms with Crippen LogP contribution in [0.1, 0.15) is 38.1 Å². The smallest absolute Gasteiger partial charge is 0.198 e. The number of hydrogen-bond acceptors (Lipinski definition) is 4. The summed E-state index contributed by atoms with van der Waals surface area (Å²) < 4.78 is 7.64. The molecule has 1 aromatic carbocycles. The van der Waals surface area contributed by atoms with Crippen LogP contribution in [0.2, 0.25) is 0 Å². The first-order chi connectivity index (χ1) is 10.2. The van der Waals surface area contributed by atoms with E-state index in [1.54, 1.807) is 0 Å². The van der Waals surface area contributed by atoms with Crippen LogP contribution in [0.5, 0.6) is 0 Å². The summed E-state index contributed by atoms with van der Waals surface area (Å²) in [6.07, 6.45) is 3.94. The molecule has 2 aromatic heterocycles. The zero-order valence-electron chi connectivity index (χ0n) is 12.6. The highest BCUT2D eigenvalue weighted by Crippen LogP contribution is 2.23. The van der Waals surface area contributed by atoms with Crippen LogP contribution >= 0.6 is 0 Å². The van der Waals surface area contributed by atoms with Crippen molar-refractivity contribution >= 4 is 16.8 Å². The highest BCUT2D eigenvalue weighted by molar-refractivity contribution is 5.77. The fourth-order valence-electron chi connectivity index (χ4n) is 2.18. The second-order valence-corrected chi connectivity index (χ2v) is 5.45. The first kappa shape index (κ1) is 13.7. The van der Waals surface area contributed by atoms with Crippen LogP contribution in [0, 0.1) is 0 Å². The average Bonchev–Trinajstić information content (AvgIpc) is 3.11. The van der Waals surface area contributed by atoms with Gasteiger partial charge in [0.15, 0.2) is 11.5 Å². The van der Waals surface area contributed by atoms with E-state index in [1.807, 2.05) is 29.1 Å². The quantitative estimate of drug-likeness (QED) is 0.774. The number of benzene rings is 1. The van der Waals surface area contributed by atoms with Crippen molar-refractivity contribution in [3.63, 3.8) is 0 Å². The van der Waals surface area contributed by atoms with Gasteiger partial charge >= 0.3 is 0 Å². The third-order valence-corrected chi connectivity index (χ3v) is 3.41. The zero-order valence-corrected chi connectivity index (χ0v) is 12.6. The summed E-state index contributed by atoms with van der Waals surface area (Å²) in [6, 6.07) is 6.00. The molecule has 0 fully saturated rings. The predicted octanol–water partition coefficient (Wildman–Crippen LogP) is 3.78. The van der Waals surface area contributed by atoms with E-state index in [1.165, 1.54) is 5.56 Å². The standard InChI is InChI=1S/C16H20N4O/c1-4-20-10-12(9-18-20)8-17-13-5-6-15-14(7-13)19-16(21-15)11(2)3/h5-7,9-11,17H,4,8H2,1-3H3. The molecule has 0 aliphatic heterocycles. The molecule has 5 nitrogen and oxygen atoms in total. The van der Waals surface area contributed by atoms with Gasteiger partial charge in [-0.25, -0.2) is 4.98 Å². The summed E-state index contributed by atoms with van der Waals surface area (Å²) in [5.41, 5.74) is 3.94. The van der Waals surface area contributed by atoms with Crippen LogP contribution in [0.15, 0.2) is 35.0 Å². The van der Waals surface area contributed by atoms with Crippen LogP contribution < -0.4 is 5.32 Å². The van der Waals surface area contributed by atoms with Gasteiger partial charge in [0.1, 0.15) is 5.52 Å². The van der Waals surface area contributed by atoms with E-state index < -0.39 is 0 Å². The number of fused-ring (bicyclic) bond motifs is 1. The number of nitrogens with one attached hydrogen (secondary N) is 1.